The highest BCUT2D eigenvalue weighted by Gasteiger charge is 2.37. The molecule has 0 aromatic heterocycles. The van der Waals surface area contributed by atoms with Gasteiger partial charge in [0.15, 0.2) is 5.25 Å². The summed E-state index contributed by atoms with van der Waals surface area (Å²) >= 11 is 0. The summed E-state index contributed by atoms with van der Waals surface area (Å²) in [4.78, 5) is 10.6. The quantitative estimate of drug-likeness (QED) is 0.617. The first-order valence-electron chi connectivity index (χ1n) is 4.27. The largest absolute Gasteiger partial charge is 0.480 e. The highest BCUT2D eigenvalue weighted by Crippen LogP contribution is 2.13. The van der Waals surface area contributed by atoms with Gasteiger partial charge in [-0.05, 0) is 6.92 Å². The Bertz CT molecular complexity index is 323. The number of sulfonamides is 1. The zero-order valence-corrected chi connectivity index (χ0v) is 8.91. The van der Waals surface area contributed by atoms with E-state index < -0.39 is 21.2 Å². The maximum Gasteiger partial charge on any atom is 0.323 e. The molecule has 82 valence electrons. The van der Waals surface area contributed by atoms with Crippen LogP contribution < -0.4 is 5.32 Å². The van der Waals surface area contributed by atoms with Gasteiger partial charge >= 0.3 is 5.97 Å². The number of nitrogens with one attached hydrogen (secondary N) is 1. The predicted molar refractivity (Wildman–Crippen MR) is 50.4 cm³/mol. The summed E-state index contributed by atoms with van der Waals surface area (Å²) in [5.74, 6) is -1.32. The van der Waals surface area contributed by atoms with Crippen LogP contribution in [0, 0.1) is 0 Å². The fourth-order valence-electron chi connectivity index (χ4n) is 1.12. The first-order valence-corrected chi connectivity index (χ1v) is 5.78. The van der Waals surface area contributed by atoms with E-state index in [0.717, 1.165) is 4.31 Å². The van der Waals surface area contributed by atoms with Crippen molar-refractivity contribution in [3.8, 4) is 0 Å². The highest BCUT2D eigenvalue weighted by molar-refractivity contribution is 7.90. The maximum absolute atomic E-state index is 11.6. The monoisotopic (exact) mass is 222 g/mol. The van der Waals surface area contributed by atoms with Crippen molar-refractivity contribution in [1.29, 1.82) is 0 Å². The second kappa shape index (κ2) is 3.84. The first kappa shape index (κ1) is 11.4. The second-order valence-corrected chi connectivity index (χ2v) is 5.67. The molecule has 7 heteroatoms. The summed E-state index contributed by atoms with van der Waals surface area (Å²) in [5, 5.41) is 10.2. The Morgan fingerprint density at radius 1 is 1.57 bits per heavy atom. The maximum atomic E-state index is 11.6. The average molecular weight is 222 g/mol. The zero-order valence-electron chi connectivity index (χ0n) is 8.10. The third kappa shape index (κ3) is 1.89. The van der Waals surface area contributed by atoms with E-state index in [1.165, 1.54) is 14.0 Å². The standard InChI is InChI=1S/C7H14N2O4S/c1-5(7(10)11)14(12,13)9(2)6-3-8-4-6/h5-6,8H,3-4H2,1-2H3,(H,10,11). The average Bonchev–Trinajstić information content (AvgIpc) is 1.99. The lowest BCUT2D eigenvalue weighted by Crippen LogP contribution is -2.59. The Balaban J connectivity index is 2.78. The molecule has 0 spiro atoms. The van der Waals surface area contributed by atoms with Gasteiger partial charge in [-0.25, -0.2) is 8.42 Å². The van der Waals surface area contributed by atoms with Crippen molar-refractivity contribution in [2.24, 2.45) is 0 Å². The second-order valence-electron chi connectivity index (χ2n) is 3.35. The van der Waals surface area contributed by atoms with Crippen LogP contribution in [0.4, 0.5) is 0 Å². The van der Waals surface area contributed by atoms with Gasteiger partial charge < -0.3 is 10.4 Å². The molecule has 1 aliphatic heterocycles. The van der Waals surface area contributed by atoms with Crippen molar-refractivity contribution < 1.29 is 18.3 Å². The highest BCUT2D eigenvalue weighted by atomic mass is 32.2. The van der Waals surface area contributed by atoms with Gasteiger partial charge in [0.2, 0.25) is 10.0 Å². The van der Waals surface area contributed by atoms with Crippen LogP contribution in [0.15, 0.2) is 0 Å². The number of nitrogens with zero attached hydrogens (tertiary/aromatic N) is 1. The fourth-order valence-corrected chi connectivity index (χ4v) is 2.43. The molecule has 0 bridgehead atoms. The van der Waals surface area contributed by atoms with Gasteiger partial charge in [0.1, 0.15) is 0 Å². The molecule has 6 nitrogen and oxygen atoms in total. The van der Waals surface area contributed by atoms with E-state index in [-0.39, 0.29) is 6.04 Å². The SMILES string of the molecule is CC(C(=O)O)S(=O)(=O)N(C)C1CNC1. The summed E-state index contributed by atoms with van der Waals surface area (Å²) in [6.45, 7) is 2.35. The van der Waals surface area contributed by atoms with Crippen LogP contribution in [-0.4, -0.2) is 55.2 Å². The van der Waals surface area contributed by atoms with Crippen LogP contribution in [-0.2, 0) is 14.8 Å². The van der Waals surface area contributed by atoms with E-state index in [1.54, 1.807) is 0 Å². The van der Waals surface area contributed by atoms with Crippen LogP contribution in [0.2, 0.25) is 0 Å². The molecule has 1 aliphatic rings. The van der Waals surface area contributed by atoms with Crippen LogP contribution in [0.1, 0.15) is 6.92 Å². The number of hydrogen-bond acceptors (Lipinski definition) is 4. The summed E-state index contributed by atoms with van der Waals surface area (Å²) in [7, 11) is -2.29. The molecule has 1 saturated heterocycles. The van der Waals surface area contributed by atoms with Crippen LogP contribution in [0.25, 0.3) is 0 Å². The Hall–Kier alpha value is -0.660. The third-order valence-corrected chi connectivity index (χ3v) is 4.67. The van der Waals surface area contributed by atoms with Crippen LogP contribution in [0.3, 0.4) is 0 Å². The van der Waals surface area contributed by atoms with Gasteiger partial charge in [0, 0.05) is 26.2 Å². The van der Waals surface area contributed by atoms with Gasteiger partial charge in [-0.2, -0.15) is 4.31 Å². The van der Waals surface area contributed by atoms with E-state index in [9.17, 15) is 13.2 Å². The smallest absolute Gasteiger partial charge is 0.323 e. The topological polar surface area (TPSA) is 86.7 Å². The van der Waals surface area contributed by atoms with Crippen molar-refractivity contribution in [3.63, 3.8) is 0 Å². The van der Waals surface area contributed by atoms with Crippen molar-refractivity contribution in [1.82, 2.24) is 9.62 Å². The molecule has 2 N–H and O–H groups in total. The molecular formula is C7H14N2O4S. The molecular weight excluding hydrogens is 208 g/mol. The van der Waals surface area contributed by atoms with Crippen molar-refractivity contribution in [2.75, 3.05) is 20.1 Å². The summed E-state index contributed by atoms with van der Waals surface area (Å²) < 4.78 is 24.4. The molecule has 0 radical (unpaired) electrons. The minimum Gasteiger partial charge on any atom is -0.480 e. The molecule has 0 amide bonds. The Kier molecular flexibility index (Phi) is 3.13. The molecule has 0 saturated carbocycles. The van der Waals surface area contributed by atoms with Crippen LogP contribution >= 0.6 is 0 Å². The summed E-state index contributed by atoms with van der Waals surface area (Å²) in [6.07, 6.45) is 0. The van der Waals surface area contributed by atoms with Crippen molar-refractivity contribution in [2.45, 2.75) is 18.2 Å². The fraction of sp³-hybridized carbons (Fsp3) is 0.857. The number of hydrogen-bond donors (Lipinski definition) is 2. The molecule has 1 unspecified atom stereocenters. The minimum absolute atomic E-state index is 0.109. The van der Waals surface area contributed by atoms with Gasteiger partial charge in [-0.3, -0.25) is 4.79 Å². The Labute approximate surface area is 82.9 Å². The van der Waals surface area contributed by atoms with Crippen molar-refractivity contribution >= 4 is 16.0 Å². The van der Waals surface area contributed by atoms with E-state index in [2.05, 4.69) is 5.32 Å². The van der Waals surface area contributed by atoms with Crippen LogP contribution in [0.5, 0.6) is 0 Å². The lowest BCUT2D eigenvalue weighted by Gasteiger charge is -2.35. The number of aliphatic carboxylic acids is 1. The summed E-state index contributed by atoms with van der Waals surface area (Å²) in [5.41, 5.74) is 0. The lowest BCUT2D eigenvalue weighted by molar-refractivity contribution is -0.136. The van der Waals surface area contributed by atoms with Gasteiger partial charge in [0.05, 0.1) is 0 Å². The normalized spacial score (nSPS) is 20.5. The Morgan fingerprint density at radius 3 is 2.36 bits per heavy atom. The molecule has 1 heterocycles. The minimum atomic E-state index is -3.70. The molecule has 0 aromatic carbocycles. The van der Waals surface area contributed by atoms with E-state index >= 15 is 0 Å². The molecule has 14 heavy (non-hydrogen) atoms. The first-order chi connectivity index (χ1) is 6.37. The number of carboxylic acids is 1. The lowest BCUT2D eigenvalue weighted by atomic mass is 10.2. The number of rotatable bonds is 4. The number of likely N-dealkylation sites (N-methyl/N-ethyl adjacent to an activating group) is 1. The van der Waals surface area contributed by atoms with E-state index in [0.29, 0.717) is 13.1 Å². The van der Waals surface area contributed by atoms with Crippen molar-refractivity contribution in [3.05, 3.63) is 0 Å². The van der Waals surface area contributed by atoms with Gasteiger partial charge in [-0.15, -0.1) is 0 Å². The zero-order chi connectivity index (χ0) is 10.9. The van der Waals surface area contributed by atoms with Gasteiger partial charge in [0.25, 0.3) is 0 Å². The molecule has 0 aromatic rings. The molecule has 1 atom stereocenters. The summed E-state index contributed by atoms with van der Waals surface area (Å²) in [6, 6.07) is -0.109. The van der Waals surface area contributed by atoms with E-state index in [1.807, 2.05) is 0 Å². The Morgan fingerprint density at radius 2 is 2.07 bits per heavy atom. The number of carbonyl (C=O) groups is 1. The molecule has 1 rings (SSSR count). The third-order valence-electron chi connectivity index (χ3n) is 2.47. The number of carboxylic acid groups (broad SMARTS) is 1. The van der Waals surface area contributed by atoms with Gasteiger partial charge in [-0.1, -0.05) is 0 Å². The van der Waals surface area contributed by atoms with E-state index in [4.69, 9.17) is 5.11 Å². The predicted octanol–water partition coefficient (Wildman–Crippen LogP) is -1.31. The molecule has 0 aliphatic carbocycles. The molecule has 1 fully saturated rings.